The Bertz CT molecular complexity index is 245. The van der Waals surface area contributed by atoms with Crippen LogP contribution in [0.25, 0.3) is 0 Å². The van der Waals surface area contributed by atoms with Crippen molar-refractivity contribution in [1.82, 2.24) is 10.2 Å². The van der Waals surface area contributed by atoms with Crippen LogP contribution >= 0.6 is 0 Å². The number of hydrogen-bond acceptors (Lipinski definition) is 4. The molecule has 1 heterocycles. The summed E-state index contributed by atoms with van der Waals surface area (Å²) in [5.41, 5.74) is -0.0678. The topological polar surface area (TPSA) is 44.7 Å². The van der Waals surface area contributed by atoms with Crippen molar-refractivity contribution in [3.8, 4) is 0 Å². The number of likely N-dealkylation sites (tertiary alicyclic amines) is 1. The van der Waals surface area contributed by atoms with Gasteiger partial charge in [-0.05, 0) is 57.7 Å². The molecule has 4 heteroatoms. The molecule has 2 unspecified atom stereocenters. The highest BCUT2D eigenvalue weighted by Gasteiger charge is 2.27. The van der Waals surface area contributed by atoms with E-state index in [1.165, 1.54) is 19.5 Å². The van der Waals surface area contributed by atoms with Crippen molar-refractivity contribution in [2.24, 2.45) is 5.92 Å². The Kier molecular flexibility index (Phi) is 8.69. The zero-order valence-electron chi connectivity index (χ0n) is 13.7. The summed E-state index contributed by atoms with van der Waals surface area (Å²) < 4.78 is 5.24. The summed E-state index contributed by atoms with van der Waals surface area (Å²) in [4.78, 5) is 2.54. The predicted molar refractivity (Wildman–Crippen MR) is 84.1 cm³/mol. The van der Waals surface area contributed by atoms with Crippen molar-refractivity contribution in [3.63, 3.8) is 0 Å². The smallest absolute Gasteiger partial charge is 0.0613 e. The van der Waals surface area contributed by atoms with Crippen LogP contribution in [0.4, 0.5) is 0 Å². The standard InChI is InChI=1S/C16H34N2O2/c1-4-9-17-16(5-2,14-19)8-6-10-18-11-7-15(12-18)13-20-3/h15,17,19H,4-14H2,1-3H3. The van der Waals surface area contributed by atoms with Crippen LogP contribution < -0.4 is 5.32 Å². The van der Waals surface area contributed by atoms with E-state index in [1.807, 2.05) is 0 Å². The van der Waals surface area contributed by atoms with E-state index in [4.69, 9.17) is 4.74 Å². The maximum absolute atomic E-state index is 9.71. The lowest BCUT2D eigenvalue weighted by molar-refractivity contribution is 0.137. The summed E-state index contributed by atoms with van der Waals surface area (Å²) >= 11 is 0. The van der Waals surface area contributed by atoms with Crippen LogP contribution in [0.2, 0.25) is 0 Å². The number of nitrogens with one attached hydrogen (secondary N) is 1. The molecular formula is C16H34N2O2. The van der Waals surface area contributed by atoms with E-state index in [0.717, 1.165) is 45.4 Å². The number of rotatable bonds is 11. The fourth-order valence-corrected chi connectivity index (χ4v) is 3.16. The van der Waals surface area contributed by atoms with Gasteiger partial charge in [0.25, 0.3) is 0 Å². The molecule has 1 saturated heterocycles. The van der Waals surface area contributed by atoms with Crippen LogP contribution in [0.15, 0.2) is 0 Å². The predicted octanol–water partition coefficient (Wildman–Crippen LogP) is 1.88. The quantitative estimate of drug-likeness (QED) is 0.609. The Hall–Kier alpha value is -0.160. The van der Waals surface area contributed by atoms with Gasteiger partial charge >= 0.3 is 0 Å². The highest BCUT2D eigenvalue weighted by Crippen LogP contribution is 2.20. The molecule has 1 rings (SSSR count). The number of ether oxygens (including phenoxy) is 1. The molecule has 0 spiro atoms. The lowest BCUT2D eigenvalue weighted by atomic mass is 9.91. The van der Waals surface area contributed by atoms with Crippen LogP contribution in [0, 0.1) is 5.92 Å². The maximum Gasteiger partial charge on any atom is 0.0613 e. The van der Waals surface area contributed by atoms with E-state index in [9.17, 15) is 5.11 Å². The molecule has 20 heavy (non-hydrogen) atoms. The first kappa shape index (κ1) is 17.9. The fourth-order valence-electron chi connectivity index (χ4n) is 3.16. The van der Waals surface area contributed by atoms with Crippen molar-refractivity contribution in [3.05, 3.63) is 0 Å². The van der Waals surface area contributed by atoms with Crippen molar-refractivity contribution in [2.75, 3.05) is 46.5 Å². The molecule has 0 aromatic carbocycles. The van der Waals surface area contributed by atoms with E-state index in [0.29, 0.717) is 5.92 Å². The number of hydrogen-bond donors (Lipinski definition) is 2. The third-order valence-electron chi connectivity index (χ3n) is 4.63. The molecule has 0 saturated carbocycles. The van der Waals surface area contributed by atoms with Gasteiger partial charge < -0.3 is 20.1 Å². The molecule has 0 aromatic rings. The van der Waals surface area contributed by atoms with Crippen LogP contribution in [-0.4, -0.2) is 62.0 Å². The lowest BCUT2D eigenvalue weighted by Crippen LogP contribution is -2.48. The molecule has 0 aromatic heterocycles. The minimum atomic E-state index is -0.0678. The summed E-state index contributed by atoms with van der Waals surface area (Å²) in [5, 5.41) is 13.3. The van der Waals surface area contributed by atoms with Gasteiger partial charge in [-0.2, -0.15) is 0 Å². The molecule has 2 atom stereocenters. The summed E-state index contributed by atoms with van der Waals surface area (Å²) in [6.45, 7) is 10.0. The van der Waals surface area contributed by atoms with Crippen molar-refractivity contribution in [1.29, 1.82) is 0 Å². The van der Waals surface area contributed by atoms with E-state index in [-0.39, 0.29) is 12.1 Å². The molecule has 2 N–H and O–H groups in total. The van der Waals surface area contributed by atoms with Gasteiger partial charge in [-0.3, -0.25) is 0 Å². The minimum absolute atomic E-state index is 0.0678. The summed E-state index contributed by atoms with van der Waals surface area (Å²) in [6, 6.07) is 0. The van der Waals surface area contributed by atoms with E-state index in [2.05, 4.69) is 24.1 Å². The van der Waals surface area contributed by atoms with Crippen LogP contribution in [0.1, 0.15) is 46.0 Å². The Morgan fingerprint density at radius 3 is 2.80 bits per heavy atom. The maximum atomic E-state index is 9.71. The number of aliphatic hydroxyl groups is 1. The summed E-state index contributed by atoms with van der Waals surface area (Å²) in [5.74, 6) is 0.715. The molecule has 0 bridgehead atoms. The van der Waals surface area contributed by atoms with Gasteiger partial charge in [-0.25, -0.2) is 0 Å². The van der Waals surface area contributed by atoms with Crippen molar-refractivity contribution < 1.29 is 9.84 Å². The summed E-state index contributed by atoms with van der Waals surface area (Å²) in [7, 11) is 1.79. The number of aliphatic hydroxyl groups excluding tert-OH is 1. The lowest BCUT2D eigenvalue weighted by Gasteiger charge is -2.33. The Labute approximate surface area is 124 Å². The van der Waals surface area contributed by atoms with E-state index in [1.54, 1.807) is 7.11 Å². The van der Waals surface area contributed by atoms with Gasteiger partial charge in [0, 0.05) is 19.2 Å². The first-order chi connectivity index (χ1) is 9.69. The molecule has 1 aliphatic heterocycles. The highest BCUT2D eigenvalue weighted by atomic mass is 16.5. The van der Waals surface area contributed by atoms with Gasteiger partial charge in [0.1, 0.15) is 0 Å². The molecule has 120 valence electrons. The van der Waals surface area contributed by atoms with Gasteiger partial charge in [0.05, 0.1) is 13.2 Å². The SMILES string of the molecule is CCCNC(CC)(CO)CCCN1CCC(COC)C1. The van der Waals surface area contributed by atoms with Crippen molar-refractivity contribution >= 4 is 0 Å². The van der Waals surface area contributed by atoms with Gasteiger partial charge in [-0.1, -0.05) is 13.8 Å². The van der Waals surface area contributed by atoms with Crippen LogP contribution in [-0.2, 0) is 4.74 Å². The zero-order valence-corrected chi connectivity index (χ0v) is 13.7. The second-order valence-corrected chi connectivity index (χ2v) is 6.23. The molecular weight excluding hydrogens is 252 g/mol. The zero-order chi connectivity index (χ0) is 14.8. The van der Waals surface area contributed by atoms with Gasteiger partial charge in [-0.15, -0.1) is 0 Å². The van der Waals surface area contributed by atoms with Gasteiger partial charge in [0.15, 0.2) is 0 Å². The number of methoxy groups -OCH3 is 1. The first-order valence-corrected chi connectivity index (χ1v) is 8.27. The average Bonchev–Trinajstić information content (AvgIpc) is 2.91. The third kappa shape index (κ3) is 5.68. The Balaban J connectivity index is 2.27. The highest BCUT2D eigenvalue weighted by molar-refractivity contribution is 4.86. The second kappa shape index (κ2) is 9.72. The summed E-state index contributed by atoms with van der Waals surface area (Å²) in [6.07, 6.45) is 5.60. The minimum Gasteiger partial charge on any atom is -0.394 e. The van der Waals surface area contributed by atoms with Crippen LogP contribution in [0.3, 0.4) is 0 Å². The molecule has 0 amide bonds. The molecule has 1 aliphatic rings. The van der Waals surface area contributed by atoms with Crippen LogP contribution in [0.5, 0.6) is 0 Å². The molecule has 1 fully saturated rings. The molecule has 4 nitrogen and oxygen atoms in total. The Morgan fingerprint density at radius 2 is 2.20 bits per heavy atom. The molecule has 0 radical (unpaired) electrons. The largest absolute Gasteiger partial charge is 0.394 e. The van der Waals surface area contributed by atoms with E-state index < -0.39 is 0 Å². The third-order valence-corrected chi connectivity index (χ3v) is 4.63. The first-order valence-electron chi connectivity index (χ1n) is 8.27. The average molecular weight is 286 g/mol. The normalized spacial score (nSPS) is 23.1. The molecule has 0 aliphatic carbocycles. The second-order valence-electron chi connectivity index (χ2n) is 6.23. The van der Waals surface area contributed by atoms with Gasteiger partial charge in [0.2, 0.25) is 0 Å². The van der Waals surface area contributed by atoms with Crippen molar-refractivity contribution in [2.45, 2.75) is 51.5 Å². The number of nitrogens with zero attached hydrogens (tertiary/aromatic N) is 1. The fraction of sp³-hybridized carbons (Fsp3) is 1.00. The monoisotopic (exact) mass is 286 g/mol. The Morgan fingerprint density at radius 1 is 1.40 bits per heavy atom. The van der Waals surface area contributed by atoms with E-state index >= 15 is 0 Å².